The number of benzene rings is 7. The molecule has 3 heteroatoms. The minimum atomic E-state index is 0.884. The lowest BCUT2D eigenvalue weighted by molar-refractivity contribution is 0.669. The van der Waals surface area contributed by atoms with E-state index in [1.54, 1.807) is 0 Å². The molecule has 0 saturated carbocycles. The van der Waals surface area contributed by atoms with Crippen molar-refractivity contribution in [3.63, 3.8) is 0 Å². The Balaban J connectivity index is 1.09. The minimum Gasteiger partial charge on any atom is -0.456 e. The van der Waals surface area contributed by atoms with Crippen LogP contribution in [0.3, 0.4) is 0 Å². The molecule has 0 bridgehead atoms. The zero-order chi connectivity index (χ0) is 29.5. The van der Waals surface area contributed by atoms with Crippen molar-refractivity contribution in [1.82, 2.24) is 4.57 Å². The number of para-hydroxylation sites is 2. The highest BCUT2D eigenvalue weighted by Gasteiger charge is 2.19. The van der Waals surface area contributed by atoms with E-state index in [-0.39, 0.29) is 0 Å². The van der Waals surface area contributed by atoms with Gasteiger partial charge in [-0.05, 0) is 93.7 Å². The van der Waals surface area contributed by atoms with Crippen molar-refractivity contribution in [1.29, 1.82) is 0 Å². The van der Waals surface area contributed by atoms with E-state index < -0.39 is 0 Å². The lowest BCUT2D eigenvalue weighted by Crippen LogP contribution is -1.92. The average Bonchev–Trinajstić information content (AvgIpc) is 3.77. The van der Waals surface area contributed by atoms with E-state index in [2.05, 4.69) is 156 Å². The van der Waals surface area contributed by atoms with Gasteiger partial charge in [0, 0.05) is 27.2 Å². The second kappa shape index (κ2) is 9.22. The summed E-state index contributed by atoms with van der Waals surface area (Å²) in [5, 5.41) is 6.98. The SMILES string of the molecule is c1ccc(-n2c3ccccc3c3oc4cc(-c5cccc(-c6ccc7c(c6)oc6ccc8ccccc8c67)c5)ccc4c32)cc1. The number of aromatic nitrogens is 1. The maximum absolute atomic E-state index is 6.62. The zero-order valence-electron chi connectivity index (χ0n) is 24.2. The Bertz CT molecular complexity index is 2760. The number of nitrogens with zero attached hydrogens (tertiary/aromatic N) is 1. The monoisotopic (exact) mass is 575 g/mol. The molecule has 0 spiro atoms. The van der Waals surface area contributed by atoms with Crippen LogP contribution in [0.25, 0.3) is 93.6 Å². The smallest absolute Gasteiger partial charge is 0.161 e. The predicted molar refractivity (Wildman–Crippen MR) is 186 cm³/mol. The van der Waals surface area contributed by atoms with Crippen molar-refractivity contribution >= 4 is 65.7 Å². The first-order valence-electron chi connectivity index (χ1n) is 15.3. The molecule has 10 rings (SSSR count). The molecule has 10 aromatic rings. The predicted octanol–water partition coefficient (Wildman–Crippen LogP) is 11.9. The van der Waals surface area contributed by atoms with Gasteiger partial charge in [0.25, 0.3) is 0 Å². The molecule has 3 heterocycles. The van der Waals surface area contributed by atoms with Crippen LogP contribution in [0, 0.1) is 0 Å². The molecule has 0 aliphatic carbocycles. The van der Waals surface area contributed by atoms with Gasteiger partial charge in [-0.3, -0.25) is 0 Å². The summed E-state index contributed by atoms with van der Waals surface area (Å²) in [4.78, 5) is 0. The topological polar surface area (TPSA) is 31.2 Å². The van der Waals surface area contributed by atoms with Gasteiger partial charge in [0.1, 0.15) is 22.3 Å². The van der Waals surface area contributed by atoms with E-state index >= 15 is 0 Å². The molecule has 3 aromatic heterocycles. The molecule has 7 aromatic carbocycles. The van der Waals surface area contributed by atoms with Crippen molar-refractivity contribution in [2.45, 2.75) is 0 Å². The summed E-state index contributed by atoms with van der Waals surface area (Å²) in [7, 11) is 0. The van der Waals surface area contributed by atoms with Gasteiger partial charge in [0.05, 0.1) is 5.52 Å². The molecule has 0 atom stereocenters. The maximum Gasteiger partial charge on any atom is 0.161 e. The van der Waals surface area contributed by atoms with Crippen molar-refractivity contribution in [3.8, 4) is 27.9 Å². The molecule has 0 aliphatic heterocycles. The highest BCUT2D eigenvalue weighted by molar-refractivity contribution is 6.19. The van der Waals surface area contributed by atoms with Gasteiger partial charge >= 0.3 is 0 Å². The lowest BCUT2D eigenvalue weighted by atomic mass is 9.97. The van der Waals surface area contributed by atoms with Crippen LogP contribution in [-0.2, 0) is 0 Å². The number of hydrogen-bond donors (Lipinski definition) is 0. The van der Waals surface area contributed by atoms with Crippen molar-refractivity contribution < 1.29 is 8.83 Å². The standard InChI is InChI=1S/C42H25NO2/c1-2-12-31(13-3-1)43-36-16-7-6-15-33(36)42-41(43)35-21-18-30(25-39(35)45-42)28-11-8-10-27(23-28)29-17-20-34-38(24-29)44-37-22-19-26-9-4-5-14-32(26)40(34)37/h1-25H. The molecule has 0 aliphatic rings. The van der Waals surface area contributed by atoms with Crippen LogP contribution in [0.1, 0.15) is 0 Å². The summed E-state index contributed by atoms with van der Waals surface area (Å²) < 4.78 is 15.3. The Morgan fingerprint density at radius 1 is 0.400 bits per heavy atom. The third kappa shape index (κ3) is 3.58. The molecule has 0 fully saturated rings. The number of rotatable bonds is 3. The third-order valence-electron chi connectivity index (χ3n) is 9.18. The summed E-state index contributed by atoms with van der Waals surface area (Å²) >= 11 is 0. The Morgan fingerprint density at radius 2 is 1.07 bits per heavy atom. The Kier molecular flexibility index (Phi) is 5.00. The van der Waals surface area contributed by atoms with Crippen molar-refractivity contribution in [2.24, 2.45) is 0 Å². The molecular weight excluding hydrogens is 550 g/mol. The van der Waals surface area contributed by atoms with Gasteiger partial charge in [-0.15, -0.1) is 0 Å². The summed E-state index contributed by atoms with van der Waals surface area (Å²) in [6.45, 7) is 0. The Hall–Kier alpha value is -6.06. The number of fused-ring (bicyclic) bond motifs is 10. The molecule has 210 valence electrons. The molecule has 0 saturated heterocycles. The Morgan fingerprint density at radius 3 is 1.89 bits per heavy atom. The fourth-order valence-corrected chi connectivity index (χ4v) is 7.10. The minimum absolute atomic E-state index is 0.884. The van der Waals surface area contributed by atoms with Crippen LogP contribution >= 0.6 is 0 Å². The first-order chi connectivity index (χ1) is 22.3. The molecule has 45 heavy (non-hydrogen) atoms. The van der Waals surface area contributed by atoms with E-state index in [1.165, 1.54) is 16.2 Å². The molecule has 0 unspecified atom stereocenters. The van der Waals surface area contributed by atoms with Gasteiger partial charge < -0.3 is 13.4 Å². The van der Waals surface area contributed by atoms with Gasteiger partial charge in [0.2, 0.25) is 0 Å². The number of hydrogen-bond acceptors (Lipinski definition) is 2. The zero-order valence-corrected chi connectivity index (χ0v) is 24.2. The molecule has 0 radical (unpaired) electrons. The first-order valence-corrected chi connectivity index (χ1v) is 15.3. The second-order valence-electron chi connectivity index (χ2n) is 11.7. The van der Waals surface area contributed by atoms with Gasteiger partial charge in [-0.2, -0.15) is 0 Å². The normalized spacial score (nSPS) is 12.0. The van der Waals surface area contributed by atoms with Crippen LogP contribution in [-0.4, -0.2) is 4.57 Å². The summed E-state index contributed by atoms with van der Waals surface area (Å²) in [5.41, 5.74) is 11.5. The summed E-state index contributed by atoms with van der Waals surface area (Å²) in [6.07, 6.45) is 0. The van der Waals surface area contributed by atoms with Crippen LogP contribution in [0.15, 0.2) is 160 Å². The van der Waals surface area contributed by atoms with Crippen LogP contribution in [0.4, 0.5) is 0 Å². The fourth-order valence-electron chi connectivity index (χ4n) is 7.10. The Labute approximate surface area is 258 Å². The molecular formula is C42H25NO2. The lowest BCUT2D eigenvalue weighted by Gasteiger charge is -2.08. The third-order valence-corrected chi connectivity index (χ3v) is 9.18. The quantitative estimate of drug-likeness (QED) is 0.210. The van der Waals surface area contributed by atoms with Crippen LogP contribution in [0.5, 0.6) is 0 Å². The largest absolute Gasteiger partial charge is 0.456 e. The summed E-state index contributed by atoms with van der Waals surface area (Å²) in [5.74, 6) is 0. The molecule has 0 N–H and O–H groups in total. The number of furan rings is 2. The van der Waals surface area contributed by atoms with Gasteiger partial charge in [0.15, 0.2) is 5.58 Å². The van der Waals surface area contributed by atoms with E-state index in [9.17, 15) is 0 Å². The average molecular weight is 576 g/mol. The van der Waals surface area contributed by atoms with Gasteiger partial charge in [-0.1, -0.05) is 91.0 Å². The van der Waals surface area contributed by atoms with Gasteiger partial charge in [-0.25, -0.2) is 0 Å². The fraction of sp³-hybridized carbons (Fsp3) is 0. The van der Waals surface area contributed by atoms with Crippen LogP contribution < -0.4 is 0 Å². The summed E-state index contributed by atoms with van der Waals surface area (Å²) in [6, 6.07) is 53.5. The second-order valence-corrected chi connectivity index (χ2v) is 11.7. The maximum atomic E-state index is 6.62. The van der Waals surface area contributed by atoms with E-state index in [4.69, 9.17) is 8.83 Å². The first kappa shape index (κ1) is 24.4. The van der Waals surface area contributed by atoms with E-state index in [0.29, 0.717) is 0 Å². The van der Waals surface area contributed by atoms with E-state index in [1.807, 2.05) is 0 Å². The van der Waals surface area contributed by atoms with Crippen molar-refractivity contribution in [2.75, 3.05) is 0 Å². The van der Waals surface area contributed by atoms with Crippen LogP contribution in [0.2, 0.25) is 0 Å². The van der Waals surface area contributed by atoms with E-state index in [0.717, 1.165) is 77.5 Å². The highest BCUT2D eigenvalue weighted by Crippen LogP contribution is 2.41. The highest BCUT2D eigenvalue weighted by atomic mass is 16.3. The molecule has 3 nitrogen and oxygen atoms in total. The molecule has 0 amide bonds. The van der Waals surface area contributed by atoms with Crippen molar-refractivity contribution in [3.05, 3.63) is 152 Å².